The Morgan fingerprint density at radius 3 is 2.50 bits per heavy atom. The third-order valence-corrected chi connectivity index (χ3v) is 6.35. The highest BCUT2D eigenvalue weighted by atomic mass is 32.1. The number of rotatable bonds is 3. The van der Waals surface area contributed by atoms with E-state index in [-0.39, 0.29) is 11.3 Å². The number of carboxylic acids is 1. The van der Waals surface area contributed by atoms with Crippen LogP contribution in [-0.2, 0) is 23.2 Å². The van der Waals surface area contributed by atoms with Crippen LogP contribution >= 0.6 is 11.3 Å². The number of hydrogen-bond acceptors (Lipinski definition) is 5. The zero-order valence-electron chi connectivity index (χ0n) is 16.6. The second kappa shape index (κ2) is 8.38. The number of carbonyl (C=O) groups is 2. The number of nitrogens with zero attached hydrogens (tertiary/aromatic N) is 4. The van der Waals surface area contributed by atoms with Crippen LogP contribution in [-0.4, -0.2) is 57.5 Å². The van der Waals surface area contributed by atoms with Gasteiger partial charge in [-0.3, -0.25) is 14.4 Å². The Labute approximate surface area is 175 Å². The zero-order valence-corrected chi connectivity index (χ0v) is 17.5. The predicted molar refractivity (Wildman–Crippen MR) is 105 cm³/mol. The van der Waals surface area contributed by atoms with E-state index in [1.165, 1.54) is 9.75 Å². The van der Waals surface area contributed by atoms with Gasteiger partial charge in [0, 0.05) is 42.6 Å². The van der Waals surface area contributed by atoms with Crippen LogP contribution in [0.2, 0.25) is 0 Å². The minimum Gasteiger partial charge on any atom is -0.475 e. The van der Waals surface area contributed by atoms with E-state index < -0.39 is 12.1 Å². The first-order chi connectivity index (χ1) is 14.0. The third kappa shape index (κ3) is 4.84. The molecule has 2 fully saturated rings. The van der Waals surface area contributed by atoms with Crippen LogP contribution in [0.5, 0.6) is 0 Å². The lowest BCUT2D eigenvalue weighted by Crippen LogP contribution is -2.36. The number of anilines is 1. The van der Waals surface area contributed by atoms with Crippen LogP contribution in [0.25, 0.3) is 0 Å². The lowest BCUT2D eigenvalue weighted by Gasteiger charge is -2.23. The van der Waals surface area contributed by atoms with E-state index in [1.54, 1.807) is 10.9 Å². The van der Waals surface area contributed by atoms with E-state index >= 15 is 0 Å². The normalized spacial score (nSPS) is 21.9. The summed E-state index contributed by atoms with van der Waals surface area (Å²) in [7, 11) is 1.89. The summed E-state index contributed by atoms with van der Waals surface area (Å²) in [4.78, 5) is 29.0. The third-order valence-electron chi connectivity index (χ3n) is 5.37. The predicted octanol–water partition coefficient (Wildman–Crippen LogP) is 3.05. The van der Waals surface area contributed by atoms with Crippen LogP contribution in [0.15, 0.2) is 24.5 Å². The van der Waals surface area contributed by atoms with Gasteiger partial charge in [-0.25, -0.2) is 4.79 Å². The molecule has 1 spiro atoms. The summed E-state index contributed by atoms with van der Waals surface area (Å²) in [6.07, 6.45) is 0.573. The van der Waals surface area contributed by atoms with E-state index in [0.717, 1.165) is 44.7 Å². The number of likely N-dealkylation sites (tertiary alicyclic amines) is 1. The molecule has 1 atom stereocenters. The molecule has 7 nitrogen and oxygen atoms in total. The molecule has 11 heteroatoms. The highest BCUT2D eigenvalue weighted by Crippen LogP contribution is 2.42. The van der Waals surface area contributed by atoms with Gasteiger partial charge in [0.1, 0.15) is 0 Å². The van der Waals surface area contributed by atoms with Crippen LogP contribution in [0.4, 0.5) is 18.9 Å². The van der Waals surface area contributed by atoms with Gasteiger partial charge in [0.15, 0.2) is 0 Å². The number of alkyl halides is 3. The summed E-state index contributed by atoms with van der Waals surface area (Å²) in [6, 6.07) is 4.39. The largest absolute Gasteiger partial charge is 0.490 e. The van der Waals surface area contributed by atoms with Crippen molar-refractivity contribution in [3.63, 3.8) is 0 Å². The first-order valence-electron chi connectivity index (χ1n) is 9.39. The van der Waals surface area contributed by atoms with E-state index in [2.05, 4.69) is 29.1 Å². The Balaban J connectivity index is 0.000000318. The highest BCUT2D eigenvalue weighted by Gasteiger charge is 2.51. The lowest BCUT2D eigenvalue weighted by molar-refractivity contribution is -0.192. The average molecular weight is 444 g/mol. The molecule has 4 heterocycles. The molecule has 1 N–H and O–H groups in total. The highest BCUT2D eigenvalue weighted by molar-refractivity contribution is 7.11. The second-order valence-corrected chi connectivity index (χ2v) is 9.01. The molecule has 1 unspecified atom stereocenters. The second-order valence-electron chi connectivity index (χ2n) is 7.64. The quantitative estimate of drug-likeness (QED) is 0.787. The molecule has 30 heavy (non-hydrogen) atoms. The minimum atomic E-state index is -5.08. The number of thiophene rings is 1. The molecule has 2 aromatic heterocycles. The fraction of sp³-hybridized carbons (Fsp3) is 0.526. The Morgan fingerprint density at radius 2 is 1.97 bits per heavy atom. The number of carboxylic acid groups (broad SMARTS) is 1. The summed E-state index contributed by atoms with van der Waals surface area (Å²) >= 11 is 1.86. The molecule has 2 aliphatic rings. The summed E-state index contributed by atoms with van der Waals surface area (Å²) in [5.74, 6) is -2.47. The van der Waals surface area contributed by atoms with Crippen molar-refractivity contribution in [1.82, 2.24) is 14.7 Å². The van der Waals surface area contributed by atoms with Gasteiger partial charge in [-0.05, 0) is 38.4 Å². The minimum absolute atomic E-state index is 0.178. The Morgan fingerprint density at radius 1 is 1.30 bits per heavy atom. The summed E-state index contributed by atoms with van der Waals surface area (Å²) in [6.45, 7) is 5.84. The van der Waals surface area contributed by atoms with Crippen molar-refractivity contribution < 1.29 is 27.9 Å². The average Bonchev–Trinajstić information content (AvgIpc) is 3.41. The zero-order chi connectivity index (χ0) is 22.1. The van der Waals surface area contributed by atoms with Crippen molar-refractivity contribution in [2.75, 3.05) is 24.5 Å². The summed E-state index contributed by atoms with van der Waals surface area (Å²) in [5.41, 5.74) is 0.754. The maximum absolute atomic E-state index is 13.0. The first-order valence-corrected chi connectivity index (χ1v) is 10.2. The van der Waals surface area contributed by atoms with Gasteiger partial charge >= 0.3 is 12.1 Å². The summed E-state index contributed by atoms with van der Waals surface area (Å²) < 4.78 is 33.5. The number of carbonyl (C=O) groups excluding carboxylic acids is 1. The van der Waals surface area contributed by atoms with Crippen molar-refractivity contribution in [1.29, 1.82) is 0 Å². The van der Waals surface area contributed by atoms with Crippen molar-refractivity contribution in [3.05, 3.63) is 34.3 Å². The molecule has 2 saturated heterocycles. The maximum Gasteiger partial charge on any atom is 0.490 e. The maximum atomic E-state index is 13.0. The van der Waals surface area contributed by atoms with Gasteiger partial charge in [0.2, 0.25) is 5.91 Å². The molecule has 0 aromatic carbocycles. The fourth-order valence-electron chi connectivity index (χ4n) is 3.88. The molecule has 0 aliphatic carbocycles. The van der Waals surface area contributed by atoms with Gasteiger partial charge < -0.3 is 10.0 Å². The Bertz CT molecular complexity index is 926. The van der Waals surface area contributed by atoms with Gasteiger partial charge in [-0.2, -0.15) is 18.3 Å². The molecule has 164 valence electrons. The number of halogens is 3. The standard InChI is InChI=1S/C17H22N4OS.C2HF3O2/c1-13-3-4-15(23-13)11-20-7-5-17(12-20)6-8-21(16(17)22)14-9-18-19(2)10-14;3-2(4,5)1(6)7/h3-4,9-10H,5-8,11-12H2,1-2H3;(H,6,7). The van der Waals surface area contributed by atoms with E-state index in [0.29, 0.717) is 0 Å². The van der Waals surface area contributed by atoms with Gasteiger partial charge in [-0.1, -0.05) is 0 Å². The van der Waals surface area contributed by atoms with Crippen molar-refractivity contribution in [3.8, 4) is 0 Å². The summed E-state index contributed by atoms with van der Waals surface area (Å²) in [5, 5.41) is 11.3. The first kappa shape index (κ1) is 22.3. The SMILES string of the molecule is Cc1ccc(CN2CCC3(CCN(c4cnn(C)c4)C3=O)C2)s1.O=C(O)C(F)(F)F. The smallest absolute Gasteiger partial charge is 0.475 e. The number of aromatic nitrogens is 2. The van der Waals surface area contributed by atoms with Gasteiger partial charge in [0.25, 0.3) is 0 Å². The van der Waals surface area contributed by atoms with Crippen molar-refractivity contribution in [2.45, 2.75) is 32.5 Å². The molecule has 0 radical (unpaired) electrons. The number of aryl methyl sites for hydroxylation is 2. The van der Waals surface area contributed by atoms with E-state index in [9.17, 15) is 18.0 Å². The molecule has 4 rings (SSSR count). The van der Waals surface area contributed by atoms with Gasteiger partial charge in [-0.15, -0.1) is 11.3 Å². The van der Waals surface area contributed by atoms with Crippen LogP contribution in [0.3, 0.4) is 0 Å². The molecule has 1 amide bonds. The molecule has 0 bridgehead atoms. The Kier molecular flexibility index (Phi) is 6.23. The fourth-order valence-corrected chi connectivity index (χ4v) is 4.81. The molecule has 2 aliphatic heterocycles. The molecule has 0 saturated carbocycles. The van der Waals surface area contributed by atoms with Crippen molar-refractivity contribution >= 4 is 28.9 Å². The molecular formula is C19H23F3N4O3S. The molecule has 2 aromatic rings. The monoisotopic (exact) mass is 444 g/mol. The molecular weight excluding hydrogens is 421 g/mol. The number of aliphatic carboxylic acids is 1. The number of hydrogen-bond donors (Lipinski definition) is 1. The van der Waals surface area contributed by atoms with E-state index in [1.807, 2.05) is 29.5 Å². The van der Waals surface area contributed by atoms with Crippen LogP contribution in [0, 0.1) is 12.3 Å². The van der Waals surface area contributed by atoms with Crippen LogP contribution in [0.1, 0.15) is 22.6 Å². The lowest BCUT2D eigenvalue weighted by atomic mass is 9.85. The van der Waals surface area contributed by atoms with Crippen LogP contribution < -0.4 is 4.90 Å². The Hall–Kier alpha value is -2.40. The van der Waals surface area contributed by atoms with E-state index in [4.69, 9.17) is 9.90 Å². The van der Waals surface area contributed by atoms with Gasteiger partial charge in [0.05, 0.1) is 17.3 Å². The number of amides is 1. The topological polar surface area (TPSA) is 78.7 Å². The van der Waals surface area contributed by atoms with Crippen molar-refractivity contribution in [2.24, 2.45) is 12.5 Å².